The first-order valence-corrected chi connectivity index (χ1v) is 8.38. The normalized spacial score (nSPS) is 26.2. The number of hydrogen-bond donors (Lipinski definition) is 1. The summed E-state index contributed by atoms with van der Waals surface area (Å²) < 4.78 is 5.97. The van der Waals surface area contributed by atoms with Gasteiger partial charge in [0.1, 0.15) is 0 Å². The van der Waals surface area contributed by atoms with E-state index in [0.717, 1.165) is 45.2 Å². The highest BCUT2D eigenvalue weighted by Gasteiger charge is 2.28. The van der Waals surface area contributed by atoms with Gasteiger partial charge in [-0.3, -0.25) is 4.99 Å². The molecule has 0 amide bonds. The van der Waals surface area contributed by atoms with Crippen LogP contribution in [0.3, 0.4) is 0 Å². The number of nitrogens with zero attached hydrogens (tertiary/aromatic N) is 2. The van der Waals surface area contributed by atoms with E-state index in [-0.39, 0.29) is 24.0 Å². The van der Waals surface area contributed by atoms with Crippen molar-refractivity contribution < 1.29 is 4.74 Å². The Kier molecular flexibility index (Phi) is 7.97. The van der Waals surface area contributed by atoms with Gasteiger partial charge in [0.15, 0.2) is 5.96 Å². The molecule has 0 spiro atoms. The highest BCUT2D eigenvalue weighted by atomic mass is 127. The fourth-order valence-corrected chi connectivity index (χ4v) is 3.71. The molecule has 0 aromatic carbocycles. The molecule has 2 aliphatic rings. The summed E-state index contributed by atoms with van der Waals surface area (Å²) in [6, 6.07) is 0. The van der Waals surface area contributed by atoms with Crippen LogP contribution in [0.5, 0.6) is 0 Å². The minimum Gasteiger partial charge on any atom is -0.376 e. The van der Waals surface area contributed by atoms with Gasteiger partial charge in [0, 0.05) is 36.7 Å². The number of rotatable bonds is 3. The van der Waals surface area contributed by atoms with E-state index in [2.05, 4.69) is 42.7 Å². The molecule has 118 valence electrons. The van der Waals surface area contributed by atoms with Crippen molar-refractivity contribution in [2.24, 2.45) is 4.99 Å². The second-order valence-electron chi connectivity index (χ2n) is 5.86. The zero-order valence-corrected chi connectivity index (χ0v) is 16.0. The third-order valence-electron chi connectivity index (χ3n) is 3.53. The topological polar surface area (TPSA) is 36.9 Å². The van der Waals surface area contributed by atoms with E-state index in [1.54, 1.807) is 0 Å². The van der Waals surface area contributed by atoms with Crippen molar-refractivity contribution in [3.05, 3.63) is 0 Å². The van der Waals surface area contributed by atoms with E-state index in [1.165, 1.54) is 12.2 Å². The summed E-state index contributed by atoms with van der Waals surface area (Å²) in [5, 5.41) is 3.43. The quantitative estimate of drug-likeness (QED) is 0.439. The van der Waals surface area contributed by atoms with Gasteiger partial charge >= 0.3 is 0 Å². The van der Waals surface area contributed by atoms with Gasteiger partial charge in [0.2, 0.25) is 0 Å². The molecule has 0 aromatic rings. The summed E-state index contributed by atoms with van der Waals surface area (Å²) in [6.45, 7) is 11.5. The summed E-state index contributed by atoms with van der Waals surface area (Å²) in [5.74, 6) is 2.24. The molecule has 2 fully saturated rings. The van der Waals surface area contributed by atoms with Gasteiger partial charge in [-0.15, -0.1) is 24.0 Å². The van der Waals surface area contributed by atoms with Crippen LogP contribution in [0.1, 0.15) is 33.6 Å². The Balaban J connectivity index is 0.00000200. The standard InChI is InChI=1S/C14H27N3OS.HI/c1-4-15-13(16-10-12-6-5-8-18-12)17-7-9-19-14(2,3)11-17;/h12H,4-11H2,1-3H3,(H,15,16);1H. The van der Waals surface area contributed by atoms with Gasteiger partial charge in [-0.2, -0.15) is 11.8 Å². The minimum absolute atomic E-state index is 0. The second kappa shape index (κ2) is 8.68. The highest BCUT2D eigenvalue weighted by Crippen LogP contribution is 2.29. The lowest BCUT2D eigenvalue weighted by Gasteiger charge is -2.39. The van der Waals surface area contributed by atoms with E-state index in [9.17, 15) is 0 Å². The van der Waals surface area contributed by atoms with Crippen LogP contribution in [-0.2, 0) is 4.74 Å². The zero-order valence-electron chi connectivity index (χ0n) is 12.9. The number of nitrogens with one attached hydrogen (secondary N) is 1. The van der Waals surface area contributed by atoms with Crippen LogP contribution in [0, 0.1) is 0 Å². The molecule has 2 heterocycles. The maximum Gasteiger partial charge on any atom is 0.194 e. The second-order valence-corrected chi connectivity index (χ2v) is 7.66. The summed E-state index contributed by atoms with van der Waals surface area (Å²) in [5.41, 5.74) is 0. The molecule has 1 N–H and O–H groups in total. The Morgan fingerprint density at radius 1 is 1.50 bits per heavy atom. The molecule has 0 aliphatic carbocycles. The van der Waals surface area contributed by atoms with Crippen LogP contribution in [0.25, 0.3) is 0 Å². The Bertz CT molecular complexity index is 320. The summed E-state index contributed by atoms with van der Waals surface area (Å²) in [7, 11) is 0. The van der Waals surface area contributed by atoms with Crippen molar-refractivity contribution in [2.75, 3.05) is 38.5 Å². The van der Waals surface area contributed by atoms with Crippen LogP contribution in [0.15, 0.2) is 4.99 Å². The molecular weight excluding hydrogens is 385 g/mol. The molecular formula is C14H28IN3OS. The van der Waals surface area contributed by atoms with E-state index in [0.29, 0.717) is 10.9 Å². The summed E-state index contributed by atoms with van der Waals surface area (Å²) in [4.78, 5) is 7.18. The van der Waals surface area contributed by atoms with E-state index < -0.39 is 0 Å². The lowest BCUT2D eigenvalue weighted by molar-refractivity contribution is 0.117. The number of aliphatic imine (C=N–C) groups is 1. The molecule has 1 unspecified atom stereocenters. The van der Waals surface area contributed by atoms with Gasteiger partial charge < -0.3 is 15.0 Å². The molecule has 1 atom stereocenters. The monoisotopic (exact) mass is 413 g/mol. The van der Waals surface area contributed by atoms with Crippen LogP contribution < -0.4 is 5.32 Å². The summed E-state index contributed by atoms with van der Waals surface area (Å²) >= 11 is 2.05. The van der Waals surface area contributed by atoms with Crippen molar-refractivity contribution in [2.45, 2.75) is 44.5 Å². The van der Waals surface area contributed by atoms with Crippen LogP contribution >= 0.6 is 35.7 Å². The number of thioether (sulfide) groups is 1. The lowest BCUT2D eigenvalue weighted by Crippen LogP contribution is -2.51. The molecule has 0 aromatic heterocycles. The maximum absolute atomic E-state index is 5.65. The summed E-state index contributed by atoms with van der Waals surface area (Å²) in [6.07, 6.45) is 2.68. The predicted molar refractivity (Wildman–Crippen MR) is 98.5 cm³/mol. The first-order valence-electron chi connectivity index (χ1n) is 7.39. The number of halogens is 1. The van der Waals surface area contributed by atoms with Crippen molar-refractivity contribution in [3.8, 4) is 0 Å². The smallest absolute Gasteiger partial charge is 0.194 e. The predicted octanol–water partition coefficient (Wildman–Crippen LogP) is 2.58. The number of guanidine groups is 1. The van der Waals surface area contributed by atoms with Gasteiger partial charge in [-0.25, -0.2) is 0 Å². The van der Waals surface area contributed by atoms with Crippen LogP contribution in [-0.4, -0.2) is 60.2 Å². The molecule has 0 bridgehead atoms. The Labute approximate surface area is 144 Å². The third kappa shape index (κ3) is 5.60. The Morgan fingerprint density at radius 3 is 2.90 bits per heavy atom. The molecule has 0 saturated carbocycles. The molecule has 4 nitrogen and oxygen atoms in total. The van der Waals surface area contributed by atoms with Crippen molar-refractivity contribution in [1.82, 2.24) is 10.2 Å². The van der Waals surface area contributed by atoms with Gasteiger partial charge in [0.05, 0.1) is 12.6 Å². The minimum atomic E-state index is 0. The van der Waals surface area contributed by atoms with Gasteiger partial charge in [0.25, 0.3) is 0 Å². The SMILES string of the molecule is CCNC(=NCC1CCCO1)N1CCSC(C)(C)C1.I. The van der Waals surface area contributed by atoms with Crippen molar-refractivity contribution in [1.29, 1.82) is 0 Å². The number of hydrogen-bond acceptors (Lipinski definition) is 3. The van der Waals surface area contributed by atoms with Crippen LogP contribution in [0.2, 0.25) is 0 Å². The lowest BCUT2D eigenvalue weighted by atomic mass is 10.2. The molecule has 0 radical (unpaired) electrons. The van der Waals surface area contributed by atoms with E-state index in [1.807, 2.05) is 0 Å². The third-order valence-corrected chi connectivity index (χ3v) is 4.83. The first kappa shape index (κ1) is 18.4. The Morgan fingerprint density at radius 2 is 2.30 bits per heavy atom. The van der Waals surface area contributed by atoms with Crippen molar-refractivity contribution >= 4 is 41.7 Å². The fourth-order valence-electron chi connectivity index (χ4n) is 2.60. The average molecular weight is 413 g/mol. The van der Waals surface area contributed by atoms with E-state index in [4.69, 9.17) is 9.73 Å². The highest BCUT2D eigenvalue weighted by molar-refractivity contribution is 14.0. The van der Waals surface area contributed by atoms with Crippen LogP contribution in [0.4, 0.5) is 0 Å². The van der Waals surface area contributed by atoms with Crippen molar-refractivity contribution in [3.63, 3.8) is 0 Å². The molecule has 2 rings (SSSR count). The van der Waals surface area contributed by atoms with Gasteiger partial charge in [-0.05, 0) is 33.6 Å². The zero-order chi connectivity index (χ0) is 13.7. The maximum atomic E-state index is 5.65. The Hall–Kier alpha value is 0.310. The fraction of sp³-hybridized carbons (Fsp3) is 0.929. The average Bonchev–Trinajstić information content (AvgIpc) is 2.86. The molecule has 2 saturated heterocycles. The van der Waals surface area contributed by atoms with Gasteiger partial charge in [-0.1, -0.05) is 0 Å². The number of ether oxygens (including phenoxy) is 1. The van der Waals surface area contributed by atoms with E-state index >= 15 is 0 Å². The molecule has 2 aliphatic heterocycles. The molecule has 6 heteroatoms. The molecule has 20 heavy (non-hydrogen) atoms. The largest absolute Gasteiger partial charge is 0.376 e. The first-order chi connectivity index (χ1) is 9.11.